The van der Waals surface area contributed by atoms with Gasteiger partial charge in [-0.25, -0.2) is 5.43 Å². The summed E-state index contributed by atoms with van der Waals surface area (Å²) < 4.78 is 11.0. The van der Waals surface area contributed by atoms with Crippen LogP contribution in [0.4, 0.5) is 5.69 Å². The summed E-state index contributed by atoms with van der Waals surface area (Å²) in [6.45, 7) is 6.48. The number of methoxy groups -OCH3 is 1. The van der Waals surface area contributed by atoms with Crippen LogP contribution in [0.15, 0.2) is 47.6 Å². The van der Waals surface area contributed by atoms with Gasteiger partial charge in [0.1, 0.15) is 6.04 Å². The van der Waals surface area contributed by atoms with Crippen molar-refractivity contribution in [3.63, 3.8) is 0 Å². The van der Waals surface area contributed by atoms with E-state index < -0.39 is 6.04 Å². The highest BCUT2D eigenvalue weighted by Crippen LogP contribution is 2.27. The van der Waals surface area contributed by atoms with E-state index in [9.17, 15) is 4.79 Å². The first kappa shape index (κ1) is 20.3. The molecule has 0 radical (unpaired) electrons. The normalized spacial score (nSPS) is 11.9. The minimum absolute atomic E-state index is 0.221. The molecule has 0 saturated heterocycles. The summed E-state index contributed by atoms with van der Waals surface area (Å²) in [5.74, 6) is 1.10. The summed E-state index contributed by atoms with van der Waals surface area (Å²) in [6, 6.07) is 13.0. The number of anilines is 1. The fraction of sp³-hybridized carbons (Fsp3) is 0.333. The molecule has 0 aliphatic rings. The van der Waals surface area contributed by atoms with Gasteiger partial charge in [-0.2, -0.15) is 5.10 Å². The molecule has 6 heteroatoms. The molecular weight excluding hydrogens is 342 g/mol. The zero-order valence-electron chi connectivity index (χ0n) is 16.3. The Balaban J connectivity index is 1.91. The molecule has 1 amide bonds. The first-order valence-electron chi connectivity index (χ1n) is 9.00. The molecule has 0 fully saturated rings. The number of benzene rings is 2. The second-order valence-corrected chi connectivity index (χ2v) is 6.23. The Labute approximate surface area is 160 Å². The van der Waals surface area contributed by atoms with Crippen LogP contribution in [-0.4, -0.2) is 31.9 Å². The number of carbonyl (C=O) groups excluding carboxylic acids is 1. The van der Waals surface area contributed by atoms with Crippen molar-refractivity contribution in [2.45, 2.75) is 33.2 Å². The highest BCUT2D eigenvalue weighted by molar-refractivity contribution is 5.86. The van der Waals surface area contributed by atoms with Crippen LogP contribution in [0, 0.1) is 6.92 Å². The molecule has 2 aromatic carbocycles. The van der Waals surface area contributed by atoms with Crippen molar-refractivity contribution in [1.82, 2.24) is 5.43 Å². The van der Waals surface area contributed by atoms with Crippen LogP contribution in [0.3, 0.4) is 0 Å². The summed E-state index contributed by atoms with van der Waals surface area (Å²) in [6.07, 6.45) is 2.50. The molecule has 1 unspecified atom stereocenters. The fourth-order valence-corrected chi connectivity index (χ4v) is 2.33. The summed E-state index contributed by atoms with van der Waals surface area (Å²) in [5.41, 5.74) is 5.40. The number of amides is 1. The van der Waals surface area contributed by atoms with E-state index >= 15 is 0 Å². The van der Waals surface area contributed by atoms with E-state index in [4.69, 9.17) is 9.47 Å². The van der Waals surface area contributed by atoms with Gasteiger partial charge in [0, 0.05) is 5.69 Å². The quantitative estimate of drug-likeness (QED) is 0.522. The molecule has 27 heavy (non-hydrogen) atoms. The number of nitrogens with zero attached hydrogens (tertiary/aromatic N) is 1. The Hall–Kier alpha value is -3.02. The Kier molecular flexibility index (Phi) is 7.67. The minimum Gasteiger partial charge on any atom is -0.493 e. The minimum atomic E-state index is -0.413. The number of hydrogen-bond acceptors (Lipinski definition) is 5. The van der Waals surface area contributed by atoms with E-state index in [1.54, 1.807) is 20.2 Å². The Bertz CT molecular complexity index is 773. The van der Waals surface area contributed by atoms with Crippen LogP contribution in [0.1, 0.15) is 31.4 Å². The third-order valence-corrected chi connectivity index (χ3v) is 3.87. The third-order valence-electron chi connectivity index (χ3n) is 3.87. The molecule has 0 spiro atoms. The standard InChI is InChI=1S/C21H27N3O3/c1-5-12-27-19-11-8-17(13-20(19)26-4)14-22-24-21(25)16(3)23-18-9-6-15(2)7-10-18/h6-11,13-14,16,23H,5,12H2,1-4H3,(H,24,25). The third kappa shape index (κ3) is 6.33. The summed E-state index contributed by atoms with van der Waals surface area (Å²) in [7, 11) is 1.59. The molecule has 0 heterocycles. The SMILES string of the molecule is CCCOc1ccc(C=NNC(=O)C(C)Nc2ccc(C)cc2)cc1OC. The van der Waals surface area contributed by atoms with Crippen molar-refractivity contribution < 1.29 is 14.3 Å². The van der Waals surface area contributed by atoms with Crippen molar-refractivity contribution in [1.29, 1.82) is 0 Å². The van der Waals surface area contributed by atoms with Crippen LogP contribution in [0.25, 0.3) is 0 Å². The van der Waals surface area contributed by atoms with Gasteiger partial charge < -0.3 is 14.8 Å². The molecule has 0 aliphatic heterocycles. The predicted octanol–water partition coefficient (Wildman–Crippen LogP) is 3.74. The van der Waals surface area contributed by atoms with E-state index in [1.807, 2.05) is 56.3 Å². The second kappa shape index (κ2) is 10.2. The number of nitrogens with one attached hydrogen (secondary N) is 2. The number of rotatable bonds is 9. The van der Waals surface area contributed by atoms with Gasteiger partial charge in [-0.3, -0.25) is 4.79 Å². The Morgan fingerprint density at radius 2 is 1.93 bits per heavy atom. The second-order valence-electron chi connectivity index (χ2n) is 6.23. The van der Waals surface area contributed by atoms with Crippen LogP contribution < -0.4 is 20.2 Å². The number of hydrazone groups is 1. The van der Waals surface area contributed by atoms with Crippen molar-refractivity contribution in [3.05, 3.63) is 53.6 Å². The number of carbonyl (C=O) groups is 1. The molecule has 0 saturated carbocycles. The molecule has 2 N–H and O–H groups in total. The highest BCUT2D eigenvalue weighted by Gasteiger charge is 2.11. The summed E-state index contributed by atoms with van der Waals surface area (Å²) in [5, 5.41) is 7.16. The van der Waals surface area contributed by atoms with Crippen LogP contribution in [-0.2, 0) is 4.79 Å². The van der Waals surface area contributed by atoms with Gasteiger partial charge in [0.15, 0.2) is 11.5 Å². The number of aryl methyl sites for hydroxylation is 1. The maximum absolute atomic E-state index is 12.2. The van der Waals surface area contributed by atoms with Gasteiger partial charge in [-0.15, -0.1) is 0 Å². The van der Waals surface area contributed by atoms with Crippen LogP contribution in [0.5, 0.6) is 11.5 Å². The molecule has 2 rings (SSSR count). The maximum Gasteiger partial charge on any atom is 0.262 e. The average Bonchev–Trinajstić information content (AvgIpc) is 2.68. The molecular formula is C21H27N3O3. The summed E-state index contributed by atoms with van der Waals surface area (Å²) in [4.78, 5) is 12.2. The maximum atomic E-state index is 12.2. The molecule has 0 aliphatic carbocycles. The molecule has 2 aromatic rings. The van der Waals surface area contributed by atoms with Crippen molar-refractivity contribution >= 4 is 17.8 Å². The van der Waals surface area contributed by atoms with E-state index in [-0.39, 0.29) is 5.91 Å². The monoisotopic (exact) mass is 369 g/mol. The average molecular weight is 369 g/mol. The molecule has 1 atom stereocenters. The number of ether oxygens (including phenoxy) is 2. The first-order valence-corrected chi connectivity index (χ1v) is 9.00. The van der Waals surface area contributed by atoms with Gasteiger partial charge >= 0.3 is 0 Å². The van der Waals surface area contributed by atoms with Gasteiger partial charge in [0.25, 0.3) is 5.91 Å². The number of hydrogen-bond donors (Lipinski definition) is 2. The fourth-order valence-electron chi connectivity index (χ4n) is 2.33. The van der Waals surface area contributed by atoms with Gasteiger partial charge in [-0.1, -0.05) is 24.6 Å². The molecule has 144 valence electrons. The molecule has 0 aromatic heterocycles. The zero-order valence-corrected chi connectivity index (χ0v) is 16.3. The zero-order chi connectivity index (χ0) is 19.6. The van der Waals surface area contributed by atoms with Gasteiger partial charge in [0.2, 0.25) is 0 Å². The van der Waals surface area contributed by atoms with E-state index in [2.05, 4.69) is 15.8 Å². The first-order chi connectivity index (χ1) is 13.0. The van der Waals surface area contributed by atoms with E-state index in [1.165, 1.54) is 5.56 Å². The lowest BCUT2D eigenvalue weighted by Gasteiger charge is -2.13. The largest absolute Gasteiger partial charge is 0.493 e. The lowest BCUT2D eigenvalue weighted by Crippen LogP contribution is -2.34. The van der Waals surface area contributed by atoms with Crippen molar-refractivity contribution in [2.75, 3.05) is 19.0 Å². The lowest BCUT2D eigenvalue weighted by atomic mass is 10.2. The van der Waals surface area contributed by atoms with Crippen LogP contribution >= 0.6 is 0 Å². The Morgan fingerprint density at radius 3 is 2.59 bits per heavy atom. The van der Waals surface area contributed by atoms with Crippen molar-refractivity contribution in [2.24, 2.45) is 5.10 Å². The van der Waals surface area contributed by atoms with Gasteiger partial charge in [0.05, 0.1) is 19.9 Å². The highest BCUT2D eigenvalue weighted by atomic mass is 16.5. The van der Waals surface area contributed by atoms with Crippen LogP contribution in [0.2, 0.25) is 0 Å². The predicted molar refractivity (Wildman–Crippen MR) is 109 cm³/mol. The lowest BCUT2D eigenvalue weighted by molar-refractivity contribution is -0.121. The smallest absolute Gasteiger partial charge is 0.262 e. The van der Waals surface area contributed by atoms with E-state index in [0.717, 1.165) is 17.7 Å². The van der Waals surface area contributed by atoms with E-state index in [0.29, 0.717) is 18.1 Å². The summed E-state index contributed by atoms with van der Waals surface area (Å²) >= 11 is 0. The van der Waals surface area contributed by atoms with Crippen molar-refractivity contribution in [3.8, 4) is 11.5 Å². The van der Waals surface area contributed by atoms with Gasteiger partial charge in [-0.05, 0) is 56.2 Å². The molecule has 6 nitrogen and oxygen atoms in total. The molecule has 0 bridgehead atoms. The Morgan fingerprint density at radius 1 is 1.19 bits per heavy atom. The topological polar surface area (TPSA) is 72.0 Å².